The van der Waals surface area contributed by atoms with E-state index in [2.05, 4.69) is 41.7 Å². The Balaban J connectivity index is 1.63. The largest absolute Gasteiger partial charge is 0.508 e. The van der Waals surface area contributed by atoms with E-state index in [0.29, 0.717) is 11.7 Å². The quantitative estimate of drug-likeness (QED) is 0.585. The molecule has 3 aromatic rings. The molecule has 0 bridgehead atoms. The van der Waals surface area contributed by atoms with Crippen LogP contribution in [0.3, 0.4) is 0 Å². The number of aromatic hydroxyl groups is 1. The SMILES string of the molecule is CC(=O)N(C)c1ccc2c(c1)C1C=CCC1C(c1c(O)ccc3ccccc13)N2. The van der Waals surface area contributed by atoms with Crippen LogP contribution in [0.15, 0.2) is 66.7 Å². The number of benzene rings is 3. The Morgan fingerprint density at radius 2 is 1.97 bits per heavy atom. The van der Waals surface area contributed by atoms with Gasteiger partial charge in [0.15, 0.2) is 0 Å². The van der Waals surface area contributed by atoms with Crippen molar-refractivity contribution in [3.63, 3.8) is 0 Å². The zero-order valence-electron chi connectivity index (χ0n) is 16.6. The Hall–Kier alpha value is -3.27. The first-order valence-electron chi connectivity index (χ1n) is 10.1. The van der Waals surface area contributed by atoms with Crippen LogP contribution >= 0.6 is 0 Å². The number of anilines is 2. The normalized spacial score (nSPS) is 22.1. The Labute approximate surface area is 170 Å². The van der Waals surface area contributed by atoms with Crippen molar-refractivity contribution >= 4 is 28.1 Å². The van der Waals surface area contributed by atoms with E-state index < -0.39 is 0 Å². The van der Waals surface area contributed by atoms with Crippen LogP contribution in [-0.2, 0) is 4.79 Å². The lowest BCUT2D eigenvalue weighted by atomic mass is 9.76. The molecule has 0 spiro atoms. The molecule has 0 aromatic heterocycles. The van der Waals surface area contributed by atoms with Gasteiger partial charge in [0, 0.05) is 36.8 Å². The van der Waals surface area contributed by atoms with E-state index in [1.54, 1.807) is 24.9 Å². The first-order valence-corrected chi connectivity index (χ1v) is 10.1. The average molecular weight is 384 g/mol. The van der Waals surface area contributed by atoms with Crippen LogP contribution in [0, 0.1) is 5.92 Å². The minimum atomic E-state index is 0.0185. The van der Waals surface area contributed by atoms with E-state index in [9.17, 15) is 9.90 Å². The van der Waals surface area contributed by atoms with Crippen LogP contribution in [0.5, 0.6) is 5.75 Å². The van der Waals surface area contributed by atoms with Crippen LogP contribution in [0.1, 0.15) is 36.4 Å². The lowest BCUT2D eigenvalue weighted by Gasteiger charge is -2.38. The predicted molar refractivity (Wildman–Crippen MR) is 117 cm³/mol. The number of hydrogen-bond donors (Lipinski definition) is 2. The molecule has 3 atom stereocenters. The third-order valence-electron chi connectivity index (χ3n) is 6.46. The highest BCUT2D eigenvalue weighted by Crippen LogP contribution is 2.52. The summed E-state index contributed by atoms with van der Waals surface area (Å²) in [5.41, 5.74) is 4.15. The molecular weight excluding hydrogens is 360 g/mol. The molecule has 4 heteroatoms. The van der Waals surface area contributed by atoms with Gasteiger partial charge in [0.2, 0.25) is 5.91 Å². The minimum Gasteiger partial charge on any atom is -0.508 e. The lowest BCUT2D eigenvalue weighted by Crippen LogP contribution is -2.30. The first kappa shape index (κ1) is 17.8. The van der Waals surface area contributed by atoms with Crippen molar-refractivity contribution < 1.29 is 9.90 Å². The second-order valence-electron chi connectivity index (χ2n) is 8.04. The Kier molecular flexibility index (Phi) is 4.09. The molecule has 0 fully saturated rings. The molecule has 2 aliphatic rings. The number of rotatable bonds is 2. The molecule has 2 N–H and O–H groups in total. The monoisotopic (exact) mass is 384 g/mol. The van der Waals surface area contributed by atoms with Crippen LogP contribution < -0.4 is 10.2 Å². The molecule has 3 aromatic carbocycles. The van der Waals surface area contributed by atoms with Gasteiger partial charge in [-0.15, -0.1) is 0 Å². The van der Waals surface area contributed by atoms with Crippen LogP contribution in [0.4, 0.5) is 11.4 Å². The second kappa shape index (κ2) is 6.66. The maximum Gasteiger partial charge on any atom is 0.223 e. The molecular formula is C25H24N2O2. The number of phenolic OH excluding ortho intramolecular Hbond substituents is 1. The number of nitrogens with zero attached hydrogens (tertiary/aromatic N) is 1. The average Bonchev–Trinajstić information content (AvgIpc) is 3.23. The predicted octanol–water partition coefficient (Wildman–Crippen LogP) is 5.35. The van der Waals surface area contributed by atoms with Gasteiger partial charge in [0.25, 0.3) is 0 Å². The molecule has 1 heterocycles. The Morgan fingerprint density at radius 1 is 1.14 bits per heavy atom. The third kappa shape index (κ3) is 2.79. The summed E-state index contributed by atoms with van der Waals surface area (Å²) in [5.74, 6) is 0.932. The van der Waals surface area contributed by atoms with Crippen molar-refractivity contribution in [2.45, 2.75) is 25.3 Å². The van der Waals surface area contributed by atoms with E-state index in [1.807, 2.05) is 24.3 Å². The van der Waals surface area contributed by atoms with Gasteiger partial charge in [-0.3, -0.25) is 4.79 Å². The number of fused-ring (bicyclic) bond motifs is 4. The summed E-state index contributed by atoms with van der Waals surface area (Å²) in [6, 6.07) is 18.2. The fourth-order valence-corrected chi connectivity index (χ4v) is 4.87. The molecule has 29 heavy (non-hydrogen) atoms. The summed E-state index contributed by atoms with van der Waals surface area (Å²) < 4.78 is 0. The molecule has 4 nitrogen and oxygen atoms in total. The molecule has 5 rings (SSSR count). The van der Waals surface area contributed by atoms with Crippen molar-refractivity contribution in [3.8, 4) is 5.75 Å². The first-order chi connectivity index (χ1) is 14.0. The van der Waals surface area contributed by atoms with Crippen molar-refractivity contribution in [3.05, 3.63) is 77.9 Å². The summed E-state index contributed by atoms with van der Waals surface area (Å²) in [6.07, 6.45) is 5.47. The third-order valence-corrected chi connectivity index (χ3v) is 6.46. The highest BCUT2D eigenvalue weighted by Gasteiger charge is 2.39. The van der Waals surface area contributed by atoms with E-state index in [-0.39, 0.29) is 17.9 Å². The Bertz CT molecular complexity index is 1150. The Morgan fingerprint density at radius 3 is 2.79 bits per heavy atom. The van der Waals surface area contributed by atoms with Gasteiger partial charge in [-0.05, 0) is 52.9 Å². The number of allylic oxidation sites excluding steroid dienone is 2. The number of carbonyl (C=O) groups excluding carboxylic acids is 1. The van der Waals surface area contributed by atoms with Gasteiger partial charge in [-0.2, -0.15) is 0 Å². The van der Waals surface area contributed by atoms with Gasteiger partial charge >= 0.3 is 0 Å². The van der Waals surface area contributed by atoms with E-state index in [1.165, 1.54) is 5.56 Å². The maximum atomic E-state index is 11.8. The van der Waals surface area contributed by atoms with Crippen molar-refractivity contribution in [2.24, 2.45) is 5.92 Å². The number of phenols is 1. The molecule has 146 valence electrons. The minimum absolute atomic E-state index is 0.0185. The zero-order valence-corrected chi connectivity index (χ0v) is 16.6. The molecule has 1 aliphatic carbocycles. The summed E-state index contributed by atoms with van der Waals surface area (Å²) in [4.78, 5) is 13.5. The topological polar surface area (TPSA) is 52.6 Å². The van der Waals surface area contributed by atoms with Crippen LogP contribution in [0.2, 0.25) is 0 Å². The van der Waals surface area contributed by atoms with Crippen molar-refractivity contribution in [1.82, 2.24) is 0 Å². The van der Waals surface area contributed by atoms with Crippen molar-refractivity contribution in [1.29, 1.82) is 0 Å². The second-order valence-corrected chi connectivity index (χ2v) is 8.04. The smallest absolute Gasteiger partial charge is 0.223 e. The van der Waals surface area contributed by atoms with Gasteiger partial charge in [-0.1, -0.05) is 42.5 Å². The number of hydrogen-bond acceptors (Lipinski definition) is 3. The van der Waals surface area contributed by atoms with E-state index >= 15 is 0 Å². The van der Waals surface area contributed by atoms with Gasteiger partial charge in [0.1, 0.15) is 5.75 Å². The molecule has 0 radical (unpaired) electrons. The van der Waals surface area contributed by atoms with Crippen LogP contribution in [-0.4, -0.2) is 18.1 Å². The van der Waals surface area contributed by atoms with Crippen molar-refractivity contribution in [2.75, 3.05) is 17.3 Å². The zero-order chi connectivity index (χ0) is 20.1. The standard InChI is InChI=1S/C25H24N2O2/c1-15(28)27(2)17-11-12-22-21(14-17)19-8-5-9-20(19)25(26-22)24-18-7-4-3-6-16(18)10-13-23(24)29/h3-8,10-14,19-20,25-26,29H,9H2,1-2H3. The molecule has 1 aliphatic heterocycles. The fraction of sp³-hybridized carbons (Fsp3) is 0.240. The van der Waals surface area contributed by atoms with E-state index in [4.69, 9.17) is 0 Å². The highest BCUT2D eigenvalue weighted by atomic mass is 16.3. The van der Waals surface area contributed by atoms with Gasteiger partial charge in [-0.25, -0.2) is 0 Å². The van der Waals surface area contributed by atoms with Gasteiger partial charge < -0.3 is 15.3 Å². The summed E-state index contributed by atoms with van der Waals surface area (Å²) >= 11 is 0. The molecule has 0 saturated carbocycles. The van der Waals surface area contributed by atoms with E-state index in [0.717, 1.165) is 34.1 Å². The summed E-state index contributed by atoms with van der Waals surface area (Å²) in [6.45, 7) is 1.58. The van der Waals surface area contributed by atoms with Gasteiger partial charge in [0.05, 0.1) is 6.04 Å². The molecule has 3 unspecified atom stereocenters. The lowest BCUT2D eigenvalue weighted by molar-refractivity contribution is -0.116. The summed E-state index contributed by atoms with van der Waals surface area (Å²) in [5, 5.41) is 16.7. The fourth-order valence-electron chi connectivity index (χ4n) is 4.87. The molecule has 1 amide bonds. The van der Waals surface area contributed by atoms with Crippen LogP contribution in [0.25, 0.3) is 10.8 Å². The maximum absolute atomic E-state index is 11.8. The summed E-state index contributed by atoms with van der Waals surface area (Å²) in [7, 11) is 1.80. The highest BCUT2D eigenvalue weighted by molar-refractivity contribution is 5.92. The number of carbonyl (C=O) groups is 1. The molecule has 0 saturated heterocycles. The number of amides is 1. The number of nitrogens with one attached hydrogen (secondary N) is 1.